The monoisotopic (exact) mass is 466 g/mol. The number of hydrogen-bond acceptors (Lipinski definition) is 5. The van der Waals surface area contributed by atoms with Gasteiger partial charge in [0.1, 0.15) is 19.3 Å². The fraction of sp³-hybridized carbons (Fsp3) is 0.423. The Labute approximate surface area is 198 Å². The van der Waals surface area contributed by atoms with Gasteiger partial charge in [-0.15, -0.1) is 0 Å². The van der Waals surface area contributed by atoms with Gasteiger partial charge in [0.15, 0.2) is 0 Å². The fourth-order valence-corrected chi connectivity index (χ4v) is 4.56. The molecule has 34 heavy (non-hydrogen) atoms. The number of alkyl carbamates (subject to hydrolysis) is 1. The van der Waals surface area contributed by atoms with E-state index >= 15 is 0 Å². The zero-order chi connectivity index (χ0) is 24.2. The first-order valence-corrected chi connectivity index (χ1v) is 11.6. The minimum absolute atomic E-state index is 0.0570. The number of ether oxygens (including phenoxy) is 2. The molecule has 2 aromatic carbocycles. The number of carboxylic acid groups (broad SMARTS) is 1. The van der Waals surface area contributed by atoms with Crippen LogP contribution in [0.4, 0.5) is 4.79 Å². The second kappa shape index (κ2) is 10.3. The van der Waals surface area contributed by atoms with Gasteiger partial charge in [-0.05, 0) is 28.2 Å². The van der Waals surface area contributed by atoms with Crippen molar-refractivity contribution in [2.75, 3.05) is 26.3 Å². The quantitative estimate of drug-likeness (QED) is 0.588. The molecule has 0 aromatic heterocycles. The number of aliphatic carboxylic acids is 1. The van der Waals surface area contributed by atoms with Gasteiger partial charge in [-0.3, -0.25) is 4.79 Å². The molecule has 1 heterocycles. The van der Waals surface area contributed by atoms with Gasteiger partial charge in [-0.2, -0.15) is 0 Å². The van der Waals surface area contributed by atoms with Crippen molar-refractivity contribution in [3.63, 3.8) is 0 Å². The van der Waals surface area contributed by atoms with E-state index < -0.39 is 18.1 Å². The van der Waals surface area contributed by atoms with E-state index in [9.17, 15) is 14.4 Å². The number of carbonyl (C=O) groups excluding carboxylic acids is 2. The summed E-state index contributed by atoms with van der Waals surface area (Å²) in [4.78, 5) is 38.0. The van der Waals surface area contributed by atoms with Crippen LogP contribution in [-0.4, -0.2) is 66.4 Å². The van der Waals surface area contributed by atoms with Gasteiger partial charge in [0.05, 0.1) is 6.10 Å². The summed E-state index contributed by atoms with van der Waals surface area (Å²) in [5, 5.41) is 11.5. The summed E-state index contributed by atoms with van der Waals surface area (Å²) >= 11 is 0. The van der Waals surface area contributed by atoms with E-state index in [1.807, 2.05) is 38.1 Å². The lowest BCUT2D eigenvalue weighted by atomic mass is 9.96. The molecule has 2 aromatic rings. The zero-order valence-electron chi connectivity index (χ0n) is 19.4. The zero-order valence-corrected chi connectivity index (χ0v) is 19.4. The molecule has 2 atom stereocenters. The topological polar surface area (TPSA) is 105 Å². The average Bonchev–Trinajstić information content (AvgIpc) is 3.13. The normalized spacial score (nSPS) is 16.7. The Morgan fingerprint density at radius 1 is 1.06 bits per heavy atom. The summed E-state index contributed by atoms with van der Waals surface area (Å²) in [5.41, 5.74) is 4.55. The van der Waals surface area contributed by atoms with Crippen LogP contribution >= 0.6 is 0 Å². The summed E-state index contributed by atoms with van der Waals surface area (Å²) in [6, 6.07) is 15.5. The summed E-state index contributed by atoms with van der Waals surface area (Å²) in [6.07, 6.45) is -0.223. The first-order valence-electron chi connectivity index (χ1n) is 11.6. The number of benzene rings is 2. The van der Waals surface area contributed by atoms with Crippen molar-refractivity contribution in [2.45, 2.75) is 38.3 Å². The molecule has 180 valence electrons. The Balaban J connectivity index is 1.36. The first kappa shape index (κ1) is 23.8. The SMILES string of the molecule is CCC(C)C(NC(=O)OCC1c2ccccc2-c2ccccc21)C(=O)N1CC(OCC(=O)O)C1. The second-order valence-corrected chi connectivity index (χ2v) is 8.90. The van der Waals surface area contributed by atoms with Crippen molar-refractivity contribution in [3.05, 3.63) is 59.7 Å². The average molecular weight is 467 g/mol. The summed E-state index contributed by atoms with van der Waals surface area (Å²) in [5.74, 6) is -1.40. The number of likely N-dealkylation sites (tertiary alicyclic amines) is 1. The van der Waals surface area contributed by atoms with Crippen LogP contribution in [0.3, 0.4) is 0 Å². The van der Waals surface area contributed by atoms with Gasteiger partial charge in [-0.1, -0.05) is 68.8 Å². The molecule has 1 fully saturated rings. The van der Waals surface area contributed by atoms with E-state index in [4.69, 9.17) is 14.6 Å². The second-order valence-electron chi connectivity index (χ2n) is 8.90. The summed E-state index contributed by atoms with van der Waals surface area (Å²) in [6.45, 7) is 4.27. The number of amides is 2. The Hall–Kier alpha value is -3.39. The third-order valence-electron chi connectivity index (χ3n) is 6.70. The van der Waals surface area contributed by atoms with Crippen LogP contribution in [0.1, 0.15) is 37.3 Å². The molecule has 2 N–H and O–H groups in total. The van der Waals surface area contributed by atoms with Crippen LogP contribution in [-0.2, 0) is 19.1 Å². The van der Waals surface area contributed by atoms with Crippen LogP contribution < -0.4 is 5.32 Å². The van der Waals surface area contributed by atoms with Crippen molar-refractivity contribution in [3.8, 4) is 11.1 Å². The van der Waals surface area contributed by atoms with Gasteiger partial charge < -0.3 is 24.8 Å². The number of rotatable bonds is 9. The highest BCUT2D eigenvalue weighted by atomic mass is 16.5. The van der Waals surface area contributed by atoms with Crippen molar-refractivity contribution in [1.82, 2.24) is 10.2 Å². The highest BCUT2D eigenvalue weighted by molar-refractivity contribution is 5.87. The highest BCUT2D eigenvalue weighted by Crippen LogP contribution is 2.44. The van der Waals surface area contributed by atoms with Gasteiger partial charge in [0.2, 0.25) is 5.91 Å². The predicted octanol–water partition coefficient (Wildman–Crippen LogP) is 3.25. The number of nitrogens with one attached hydrogen (secondary N) is 1. The number of nitrogens with zero attached hydrogens (tertiary/aromatic N) is 1. The Kier molecular flexibility index (Phi) is 7.17. The molecule has 2 unspecified atom stereocenters. The van der Waals surface area contributed by atoms with Crippen molar-refractivity contribution < 1.29 is 29.0 Å². The molecule has 0 saturated carbocycles. The predicted molar refractivity (Wildman–Crippen MR) is 125 cm³/mol. The molecule has 0 radical (unpaired) electrons. The molecular formula is C26H30N2O6. The number of hydrogen-bond donors (Lipinski definition) is 2. The molecular weight excluding hydrogens is 436 g/mol. The molecule has 1 aliphatic heterocycles. The standard InChI is InChI=1S/C26H30N2O6/c1-3-16(2)24(25(31)28-12-17(13-28)33-15-23(29)30)27-26(32)34-14-22-20-10-6-4-8-18(20)19-9-5-7-11-21(19)22/h4-11,16-17,22,24H,3,12-15H2,1-2H3,(H,27,32)(H,29,30). The molecule has 2 aliphatic rings. The van der Waals surface area contributed by atoms with Crippen molar-refractivity contribution >= 4 is 18.0 Å². The fourth-order valence-electron chi connectivity index (χ4n) is 4.56. The molecule has 8 nitrogen and oxygen atoms in total. The first-order chi connectivity index (χ1) is 16.4. The molecule has 1 saturated heterocycles. The van der Waals surface area contributed by atoms with Crippen LogP contribution in [0, 0.1) is 5.92 Å². The lowest BCUT2D eigenvalue weighted by Crippen LogP contribution is -2.61. The highest BCUT2D eigenvalue weighted by Gasteiger charge is 2.38. The molecule has 2 amide bonds. The molecule has 1 aliphatic carbocycles. The van der Waals surface area contributed by atoms with Gasteiger partial charge >= 0.3 is 12.1 Å². The van der Waals surface area contributed by atoms with E-state index in [-0.39, 0.29) is 37.1 Å². The van der Waals surface area contributed by atoms with E-state index in [2.05, 4.69) is 29.6 Å². The Bertz CT molecular complexity index is 1020. The van der Waals surface area contributed by atoms with E-state index in [0.29, 0.717) is 19.5 Å². The number of carboxylic acids is 1. The van der Waals surface area contributed by atoms with Crippen LogP contribution in [0.15, 0.2) is 48.5 Å². The molecule has 0 spiro atoms. The molecule has 4 rings (SSSR count). The maximum absolute atomic E-state index is 13.0. The molecule has 8 heteroatoms. The third kappa shape index (κ3) is 4.92. The lowest BCUT2D eigenvalue weighted by Gasteiger charge is -2.41. The molecule has 0 bridgehead atoms. The Morgan fingerprint density at radius 3 is 2.21 bits per heavy atom. The van der Waals surface area contributed by atoms with E-state index in [0.717, 1.165) is 22.3 Å². The number of fused-ring (bicyclic) bond motifs is 3. The van der Waals surface area contributed by atoms with E-state index in [1.165, 1.54) is 0 Å². The smallest absolute Gasteiger partial charge is 0.407 e. The lowest BCUT2D eigenvalue weighted by molar-refractivity contribution is -0.156. The van der Waals surface area contributed by atoms with Gasteiger partial charge in [0, 0.05) is 19.0 Å². The minimum atomic E-state index is -1.04. The minimum Gasteiger partial charge on any atom is -0.480 e. The van der Waals surface area contributed by atoms with Crippen molar-refractivity contribution in [2.24, 2.45) is 5.92 Å². The summed E-state index contributed by atoms with van der Waals surface area (Å²) in [7, 11) is 0. The summed E-state index contributed by atoms with van der Waals surface area (Å²) < 4.78 is 10.8. The van der Waals surface area contributed by atoms with Gasteiger partial charge in [-0.25, -0.2) is 9.59 Å². The maximum atomic E-state index is 13.0. The van der Waals surface area contributed by atoms with E-state index in [1.54, 1.807) is 4.90 Å². The number of carbonyl (C=O) groups is 3. The van der Waals surface area contributed by atoms with Crippen LogP contribution in [0.2, 0.25) is 0 Å². The van der Waals surface area contributed by atoms with Crippen molar-refractivity contribution in [1.29, 1.82) is 0 Å². The maximum Gasteiger partial charge on any atom is 0.407 e. The largest absolute Gasteiger partial charge is 0.480 e. The van der Waals surface area contributed by atoms with Crippen LogP contribution in [0.5, 0.6) is 0 Å². The Morgan fingerprint density at radius 2 is 1.65 bits per heavy atom. The van der Waals surface area contributed by atoms with Crippen LogP contribution in [0.25, 0.3) is 11.1 Å². The third-order valence-corrected chi connectivity index (χ3v) is 6.70. The van der Waals surface area contributed by atoms with Gasteiger partial charge in [0.25, 0.3) is 0 Å².